The van der Waals surface area contributed by atoms with Crippen LogP contribution in [0.3, 0.4) is 0 Å². The number of nitrogens with two attached hydrogens (primary N) is 1. The van der Waals surface area contributed by atoms with Crippen molar-refractivity contribution < 1.29 is 14.4 Å². The highest BCUT2D eigenvalue weighted by Crippen LogP contribution is 2.23. The molecular formula is C33H40N4O3. The van der Waals surface area contributed by atoms with Crippen molar-refractivity contribution in [1.82, 2.24) is 15.1 Å². The van der Waals surface area contributed by atoms with E-state index in [1.54, 1.807) is 18.0 Å². The second-order valence-corrected chi connectivity index (χ2v) is 11.5. The number of carbonyl (C=O) groups is 3. The molecule has 3 aromatic rings. The average molecular weight is 541 g/mol. The molecule has 1 heterocycles. The molecule has 0 bridgehead atoms. The van der Waals surface area contributed by atoms with Crippen molar-refractivity contribution in [3.05, 3.63) is 96.1 Å². The highest BCUT2D eigenvalue weighted by molar-refractivity contribution is 5.96. The number of fused-ring (bicyclic) bond motifs is 1. The van der Waals surface area contributed by atoms with Crippen LogP contribution in [0.15, 0.2) is 84.9 Å². The van der Waals surface area contributed by atoms with E-state index in [0.717, 1.165) is 21.9 Å². The number of amides is 3. The van der Waals surface area contributed by atoms with Crippen molar-refractivity contribution in [1.29, 1.82) is 0 Å². The fourth-order valence-electron chi connectivity index (χ4n) is 5.18. The Kier molecular flexibility index (Phi) is 9.05. The van der Waals surface area contributed by atoms with Crippen LogP contribution in [0, 0.1) is 0 Å². The molecule has 0 aliphatic carbocycles. The number of carbonyl (C=O) groups excluding carboxylic acids is 3. The van der Waals surface area contributed by atoms with E-state index in [1.807, 2.05) is 87.5 Å². The number of hydrogen-bond donors (Lipinski definition) is 2. The van der Waals surface area contributed by atoms with Crippen LogP contribution in [0.4, 0.5) is 0 Å². The molecule has 4 rings (SSSR count). The zero-order chi connectivity index (χ0) is 28.9. The van der Waals surface area contributed by atoms with Crippen LogP contribution in [0.5, 0.6) is 0 Å². The Labute approximate surface area is 237 Å². The van der Waals surface area contributed by atoms with E-state index < -0.39 is 17.6 Å². The highest BCUT2D eigenvalue weighted by Gasteiger charge is 2.41. The molecule has 0 radical (unpaired) electrons. The summed E-state index contributed by atoms with van der Waals surface area (Å²) < 4.78 is 0. The number of rotatable bonds is 9. The third kappa shape index (κ3) is 7.16. The van der Waals surface area contributed by atoms with Crippen LogP contribution < -0.4 is 11.1 Å². The van der Waals surface area contributed by atoms with E-state index in [2.05, 4.69) is 11.4 Å². The zero-order valence-electron chi connectivity index (χ0n) is 23.8. The van der Waals surface area contributed by atoms with Gasteiger partial charge in [0, 0.05) is 38.0 Å². The summed E-state index contributed by atoms with van der Waals surface area (Å²) in [5.74, 6) is -0.698. The fourth-order valence-corrected chi connectivity index (χ4v) is 5.18. The zero-order valence-corrected chi connectivity index (χ0v) is 23.8. The van der Waals surface area contributed by atoms with Crippen LogP contribution >= 0.6 is 0 Å². The van der Waals surface area contributed by atoms with Gasteiger partial charge in [0.2, 0.25) is 17.7 Å². The minimum atomic E-state index is -0.796. The molecule has 0 aromatic heterocycles. The first kappa shape index (κ1) is 29.0. The van der Waals surface area contributed by atoms with E-state index in [1.165, 1.54) is 11.0 Å². The van der Waals surface area contributed by atoms with Gasteiger partial charge in [-0.2, -0.15) is 0 Å². The van der Waals surface area contributed by atoms with E-state index in [0.29, 0.717) is 25.8 Å². The molecule has 0 spiro atoms. The summed E-state index contributed by atoms with van der Waals surface area (Å²) in [7, 11) is 1.66. The Balaban J connectivity index is 1.67. The standard InChI is InChI=1S/C33H40N4O3/c1-23-22-35-31(39)28(20-24-11-6-5-7-12-24)37(23)32(40)29(36(4)30(38)15-10-18-33(2,3)34)21-25-16-17-26-13-8-9-14-27(26)19-25/h5-17,19,23,28-29H,18,20-22,34H2,1-4H3,(H,35,39)/b15-10+/t23-,28+,29+/m0/s1. The van der Waals surface area contributed by atoms with E-state index in [9.17, 15) is 14.4 Å². The minimum Gasteiger partial charge on any atom is -0.352 e. The van der Waals surface area contributed by atoms with Crippen molar-refractivity contribution in [2.24, 2.45) is 5.73 Å². The van der Waals surface area contributed by atoms with Gasteiger partial charge in [-0.1, -0.05) is 78.9 Å². The topological polar surface area (TPSA) is 95.7 Å². The van der Waals surface area contributed by atoms with Crippen LogP contribution in [-0.4, -0.2) is 64.8 Å². The van der Waals surface area contributed by atoms with Gasteiger partial charge in [0.1, 0.15) is 12.1 Å². The van der Waals surface area contributed by atoms with Gasteiger partial charge >= 0.3 is 0 Å². The van der Waals surface area contributed by atoms with Crippen molar-refractivity contribution in [2.75, 3.05) is 13.6 Å². The lowest BCUT2D eigenvalue weighted by Crippen LogP contribution is -2.65. The number of nitrogens with one attached hydrogen (secondary N) is 1. The lowest BCUT2D eigenvalue weighted by atomic mass is 9.95. The molecule has 3 atom stereocenters. The number of likely N-dealkylation sites (N-methyl/N-ethyl adjacent to an activating group) is 1. The summed E-state index contributed by atoms with van der Waals surface area (Å²) >= 11 is 0. The van der Waals surface area contributed by atoms with Gasteiger partial charge in [-0.05, 0) is 55.2 Å². The van der Waals surface area contributed by atoms with E-state index >= 15 is 0 Å². The maximum atomic E-state index is 14.4. The van der Waals surface area contributed by atoms with Crippen molar-refractivity contribution in [3.8, 4) is 0 Å². The van der Waals surface area contributed by atoms with Crippen molar-refractivity contribution in [3.63, 3.8) is 0 Å². The molecule has 1 fully saturated rings. The first-order chi connectivity index (χ1) is 19.0. The number of hydrogen-bond acceptors (Lipinski definition) is 4. The van der Waals surface area contributed by atoms with Crippen LogP contribution in [-0.2, 0) is 27.2 Å². The molecule has 3 N–H and O–H groups in total. The summed E-state index contributed by atoms with van der Waals surface area (Å²) in [5, 5.41) is 5.13. The van der Waals surface area contributed by atoms with Crippen molar-refractivity contribution >= 4 is 28.5 Å². The molecule has 0 saturated carbocycles. The Bertz CT molecular complexity index is 1380. The molecule has 1 aliphatic rings. The molecule has 3 aromatic carbocycles. The second kappa shape index (κ2) is 12.5. The van der Waals surface area contributed by atoms with Gasteiger partial charge in [0.05, 0.1) is 0 Å². The molecule has 7 heteroatoms. The summed E-state index contributed by atoms with van der Waals surface area (Å²) in [6, 6.07) is 22.2. The monoisotopic (exact) mass is 540 g/mol. The van der Waals surface area contributed by atoms with Gasteiger partial charge in [0.25, 0.3) is 0 Å². The fraction of sp³-hybridized carbons (Fsp3) is 0.364. The third-order valence-corrected chi connectivity index (χ3v) is 7.46. The van der Waals surface area contributed by atoms with E-state index in [4.69, 9.17) is 5.73 Å². The summed E-state index contributed by atoms with van der Waals surface area (Å²) in [4.78, 5) is 44.0. The average Bonchev–Trinajstić information content (AvgIpc) is 2.93. The van der Waals surface area contributed by atoms with Gasteiger partial charge in [0.15, 0.2) is 0 Å². The summed E-state index contributed by atoms with van der Waals surface area (Å²) in [5.41, 5.74) is 7.55. The van der Waals surface area contributed by atoms with Gasteiger partial charge < -0.3 is 20.9 Å². The molecular weight excluding hydrogens is 500 g/mol. The minimum absolute atomic E-state index is 0.182. The lowest BCUT2D eigenvalue weighted by Gasteiger charge is -2.43. The highest BCUT2D eigenvalue weighted by atomic mass is 16.2. The number of benzene rings is 3. The Morgan fingerprint density at radius 1 is 1.05 bits per heavy atom. The first-order valence-corrected chi connectivity index (χ1v) is 13.9. The Hall–Kier alpha value is -3.97. The number of nitrogens with zero attached hydrogens (tertiary/aromatic N) is 2. The normalized spacial score (nSPS) is 18.5. The van der Waals surface area contributed by atoms with Crippen LogP contribution in [0.2, 0.25) is 0 Å². The lowest BCUT2D eigenvalue weighted by molar-refractivity contribution is -0.152. The summed E-state index contributed by atoms with van der Waals surface area (Å²) in [6.07, 6.45) is 4.49. The van der Waals surface area contributed by atoms with Crippen molar-refractivity contribution in [2.45, 2.75) is 63.7 Å². The molecule has 1 aliphatic heterocycles. The van der Waals surface area contributed by atoms with Crippen LogP contribution in [0.25, 0.3) is 10.8 Å². The summed E-state index contributed by atoms with van der Waals surface area (Å²) in [6.45, 7) is 6.09. The predicted molar refractivity (Wildman–Crippen MR) is 159 cm³/mol. The first-order valence-electron chi connectivity index (χ1n) is 13.9. The molecule has 210 valence electrons. The largest absolute Gasteiger partial charge is 0.352 e. The third-order valence-electron chi connectivity index (χ3n) is 7.46. The smallest absolute Gasteiger partial charge is 0.246 e. The molecule has 40 heavy (non-hydrogen) atoms. The quantitative estimate of drug-likeness (QED) is 0.403. The van der Waals surface area contributed by atoms with Gasteiger partial charge in [-0.25, -0.2) is 0 Å². The molecule has 7 nitrogen and oxygen atoms in total. The predicted octanol–water partition coefficient (Wildman–Crippen LogP) is 3.85. The second-order valence-electron chi connectivity index (χ2n) is 11.5. The van der Waals surface area contributed by atoms with Gasteiger partial charge in [-0.15, -0.1) is 0 Å². The Morgan fingerprint density at radius 2 is 1.73 bits per heavy atom. The maximum absolute atomic E-state index is 14.4. The maximum Gasteiger partial charge on any atom is 0.246 e. The Morgan fingerprint density at radius 3 is 2.42 bits per heavy atom. The molecule has 0 unspecified atom stereocenters. The number of piperazine rings is 1. The van der Waals surface area contributed by atoms with Gasteiger partial charge in [-0.3, -0.25) is 14.4 Å². The van der Waals surface area contributed by atoms with E-state index in [-0.39, 0.29) is 23.8 Å². The van der Waals surface area contributed by atoms with Crippen LogP contribution in [0.1, 0.15) is 38.3 Å². The molecule has 3 amide bonds. The molecule has 1 saturated heterocycles. The SMILES string of the molecule is C[C@H]1CNC(=O)[C@@H](Cc2ccccc2)N1C(=O)[C@@H](Cc1ccc2ccccc2c1)N(C)C(=O)/C=C/CC(C)(C)N.